The van der Waals surface area contributed by atoms with E-state index in [1.54, 1.807) is 23.1 Å². The van der Waals surface area contributed by atoms with Gasteiger partial charge in [-0.15, -0.1) is 11.3 Å². The molecule has 0 saturated carbocycles. The number of fused-ring (bicyclic) bond motifs is 1. The topological polar surface area (TPSA) is 38.2 Å². The van der Waals surface area contributed by atoms with E-state index in [1.165, 1.54) is 4.88 Å². The molecule has 0 N–H and O–H groups in total. The highest BCUT2D eigenvalue weighted by atomic mass is 35.5. The predicted octanol–water partition coefficient (Wildman–Crippen LogP) is 3.72. The van der Waals surface area contributed by atoms with Crippen LogP contribution in [-0.4, -0.2) is 53.5 Å². The normalized spacial score (nSPS) is 16.5. The summed E-state index contributed by atoms with van der Waals surface area (Å²) in [6, 6.07) is 2.13. The lowest BCUT2D eigenvalue weighted by atomic mass is 10.3. The smallest absolute Gasteiger partial charge is 0.190 e. The Morgan fingerprint density at radius 3 is 2.95 bits per heavy atom. The molecule has 22 heavy (non-hydrogen) atoms. The Morgan fingerprint density at radius 1 is 1.36 bits per heavy atom. The number of halogens is 1. The molecule has 1 fully saturated rings. The first-order chi connectivity index (χ1) is 10.8. The van der Waals surface area contributed by atoms with Crippen molar-refractivity contribution in [3.05, 3.63) is 16.1 Å². The minimum atomic E-state index is 0.581. The molecule has 0 amide bonds. The molecule has 0 radical (unpaired) electrons. The molecule has 0 bridgehead atoms. The van der Waals surface area contributed by atoms with Crippen molar-refractivity contribution in [2.45, 2.75) is 24.9 Å². The molecule has 1 saturated heterocycles. The van der Waals surface area contributed by atoms with Crippen LogP contribution >= 0.6 is 34.7 Å². The van der Waals surface area contributed by atoms with Crippen LogP contribution in [-0.2, 0) is 11.2 Å². The van der Waals surface area contributed by atoms with Crippen molar-refractivity contribution in [1.29, 1.82) is 0 Å². The summed E-state index contributed by atoms with van der Waals surface area (Å²) < 4.78 is 5.36. The van der Waals surface area contributed by atoms with E-state index < -0.39 is 0 Å². The van der Waals surface area contributed by atoms with Gasteiger partial charge in [-0.05, 0) is 12.5 Å². The molecule has 4 nitrogen and oxygen atoms in total. The van der Waals surface area contributed by atoms with Gasteiger partial charge < -0.3 is 4.74 Å². The van der Waals surface area contributed by atoms with Crippen molar-refractivity contribution in [1.82, 2.24) is 14.9 Å². The highest BCUT2D eigenvalue weighted by Crippen LogP contribution is 2.31. The van der Waals surface area contributed by atoms with Gasteiger partial charge in [0, 0.05) is 35.7 Å². The molecule has 2 aromatic heterocycles. The molecular formula is C15H20ClN3OS2. The molecule has 0 aromatic carbocycles. The molecule has 0 aliphatic carbocycles. The van der Waals surface area contributed by atoms with Gasteiger partial charge in [0.15, 0.2) is 5.16 Å². The predicted molar refractivity (Wildman–Crippen MR) is 94.4 cm³/mol. The lowest BCUT2D eigenvalue weighted by Crippen LogP contribution is -2.37. The van der Waals surface area contributed by atoms with Crippen molar-refractivity contribution in [2.24, 2.45) is 0 Å². The first-order valence-corrected chi connectivity index (χ1v) is 9.83. The second-order valence-electron chi connectivity index (χ2n) is 5.28. The molecule has 0 spiro atoms. The van der Waals surface area contributed by atoms with E-state index in [0.29, 0.717) is 5.15 Å². The lowest BCUT2D eigenvalue weighted by Gasteiger charge is -2.26. The zero-order valence-corrected chi connectivity index (χ0v) is 15.1. The fourth-order valence-electron chi connectivity index (χ4n) is 2.44. The number of thioether (sulfide) groups is 1. The highest BCUT2D eigenvalue weighted by molar-refractivity contribution is 7.99. The zero-order chi connectivity index (χ0) is 15.4. The summed E-state index contributed by atoms with van der Waals surface area (Å²) in [6.07, 6.45) is 2.22. The number of nitrogens with zero attached hydrogens (tertiary/aromatic N) is 3. The van der Waals surface area contributed by atoms with Gasteiger partial charge in [-0.1, -0.05) is 36.7 Å². The zero-order valence-electron chi connectivity index (χ0n) is 12.7. The summed E-state index contributed by atoms with van der Waals surface area (Å²) in [4.78, 5) is 13.9. The molecule has 0 atom stereocenters. The summed E-state index contributed by atoms with van der Waals surface area (Å²) in [5.41, 5.74) is 0. The highest BCUT2D eigenvalue weighted by Gasteiger charge is 2.13. The molecule has 3 heterocycles. The van der Waals surface area contributed by atoms with Crippen LogP contribution < -0.4 is 0 Å². The fraction of sp³-hybridized carbons (Fsp3) is 0.600. The number of morpholine rings is 1. The van der Waals surface area contributed by atoms with E-state index >= 15 is 0 Å². The van der Waals surface area contributed by atoms with Gasteiger partial charge in [-0.25, -0.2) is 9.97 Å². The van der Waals surface area contributed by atoms with Gasteiger partial charge in [0.2, 0.25) is 0 Å². The SMILES string of the molecule is CCCc1cc2c(Cl)nc(SCCN3CCOCC3)nc2s1. The van der Waals surface area contributed by atoms with Crippen molar-refractivity contribution in [3.8, 4) is 0 Å². The largest absolute Gasteiger partial charge is 0.379 e. The molecule has 2 aromatic rings. The van der Waals surface area contributed by atoms with E-state index in [2.05, 4.69) is 27.9 Å². The van der Waals surface area contributed by atoms with Crippen LogP contribution in [0.3, 0.4) is 0 Å². The van der Waals surface area contributed by atoms with E-state index in [0.717, 1.165) is 66.8 Å². The number of aromatic nitrogens is 2. The number of rotatable bonds is 6. The summed E-state index contributed by atoms with van der Waals surface area (Å²) in [6.45, 7) is 6.95. The molecular weight excluding hydrogens is 338 g/mol. The van der Waals surface area contributed by atoms with Crippen LogP contribution in [0.15, 0.2) is 11.2 Å². The molecule has 120 valence electrons. The standard InChI is InChI=1S/C15H20ClN3OS2/c1-2-3-11-10-12-13(16)17-15(18-14(12)22-11)21-9-6-19-4-7-20-8-5-19/h10H,2-9H2,1H3. The Balaban J connectivity index is 1.63. The number of ether oxygens (including phenoxy) is 1. The third kappa shape index (κ3) is 4.11. The Hall–Kier alpha value is -0.400. The molecule has 7 heteroatoms. The number of thiophene rings is 1. The van der Waals surface area contributed by atoms with Gasteiger partial charge in [-0.2, -0.15) is 0 Å². The van der Waals surface area contributed by atoms with Gasteiger partial charge in [-0.3, -0.25) is 4.90 Å². The Bertz CT molecular complexity index is 629. The maximum Gasteiger partial charge on any atom is 0.190 e. The maximum atomic E-state index is 6.32. The molecule has 1 aliphatic heterocycles. The number of aryl methyl sites for hydroxylation is 1. The third-order valence-corrected chi connectivity index (χ3v) is 5.82. The average Bonchev–Trinajstić information content (AvgIpc) is 2.92. The summed E-state index contributed by atoms with van der Waals surface area (Å²) in [7, 11) is 0. The van der Waals surface area contributed by atoms with Crippen LogP contribution in [0.2, 0.25) is 5.15 Å². The minimum absolute atomic E-state index is 0.581. The first kappa shape index (κ1) is 16.5. The summed E-state index contributed by atoms with van der Waals surface area (Å²) >= 11 is 9.74. The maximum absolute atomic E-state index is 6.32. The summed E-state index contributed by atoms with van der Waals surface area (Å²) in [5, 5.41) is 2.36. The van der Waals surface area contributed by atoms with Gasteiger partial charge >= 0.3 is 0 Å². The average molecular weight is 358 g/mol. The first-order valence-electron chi connectivity index (χ1n) is 7.65. The number of hydrogen-bond donors (Lipinski definition) is 0. The second kappa shape index (κ2) is 7.93. The minimum Gasteiger partial charge on any atom is -0.379 e. The Kier molecular flexibility index (Phi) is 5.93. The van der Waals surface area contributed by atoms with E-state index in [4.69, 9.17) is 16.3 Å². The van der Waals surface area contributed by atoms with Crippen molar-refractivity contribution in [2.75, 3.05) is 38.6 Å². The van der Waals surface area contributed by atoms with Crippen LogP contribution in [0.1, 0.15) is 18.2 Å². The Labute approximate surface area is 144 Å². The molecule has 3 rings (SSSR count). The van der Waals surface area contributed by atoms with E-state index in [1.807, 2.05) is 0 Å². The molecule has 1 aliphatic rings. The lowest BCUT2D eigenvalue weighted by molar-refractivity contribution is 0.0410. The Morgan fingerprint density at radius 2 is 2.18 bits per heavy atom. The van der Waals surface area contributed by atoms with Crippen molar-refractivity contribution < 1.29 is 4.74 Å². The van der Waals surface area contributed by atoms with Crippen LogP contribution in [0, 0.1) is 0 Å². The number of hydrogen-bond acceptors (Lipinski definition) is 6. The van der Waals surface area contributed by atoms with Crippen LogP contribution in [0.5, 0.6) is 0 Å². The second-order valence-corrected chi connectivity index (χ2v) is 7.82. The van der Waals surface area contributed by atoms with Crippen molar-refractivity contribution in [3.63, 3.8) is 0 Å². The van der Waals surface area contributed by atoms with Crippen LogP contribution in [0.4, 0.5) is 0 Å². The van der Waals surface area contributed by atoms with Gasteiger partial charge in [0.25, 0.3) is 0 Å². The fourth-order valence-corrected chi connectivity index (χ4v) is 4.80. The van der Waals surface area contributed by atoms with E-state index in [9.17, 15) is 0 Å². The van der Waals surface area contributed by atoms with Crippen LogP contribution in [0.25, 0.3) is 10.2 Å². The molecule has 0 unspecified atom stereocenters. The van der Waals surface area contributed by atoms with E-state index in [-0.39, 0.29) is 0 Å². The van der Waals surface area contributed by atoms with Crippen molar-refractivity contribution >= 4 is 44.9 Å². The third-order valence-electron chi connectivity index (χ3n) is 3.62. The van der Waals surface area contributed by atoms with Gasteiger partial charge in [0.05, 0.1) is 13.2 Å². The summed E-state index contributed by atoms with van der Waals surface area (Å²) in [5.74, 6) is 0.981. The quantitative estimate of drug-likeness (QED) is 0.447. The van der Waals surface area contributed by atoms with Gasteiger partial charge in [0.1, 0.15) is 9.98 Å². The monoisotopic (exact) mass is 357 g/mol.